The first-order chi connectivity index (χ1) is 10.5. The maximum absolute atomic E-state index is 12.5. The van der Waals surface area contributed by atoms with Gasteiger partial charge in [-0.1, -0.05) is 18.0 Å². The smallest absolute Gasteiger partial charge is 0.272 e. The molecule has 0 radical (unpaired) electrons. The van der Waals surface area contributed by atoms with Crippen molar-refractivity contribution in [2.24, 2.45) is 7.05 Å². The minimum Gasteiger partial charge on any atom is -0.340 e. The lowest BCUT2D eigenvalue weighted by molar-refractivity contribution is 0.0884. The molecule has 1 aliphatic rings. The van der Waals surface area contributed by atoms with Crippen molar-refractivity contribution in [1.82, 2.24) is 25.2 Å². The Kier molecular flexibility index (Phi) is 3.51. The molecule has 1 fully saturated rings. The van der Waals surface area contributed by atoms with E-state index in [1.54, 1.807) is 6.92 Å². The molecule has 0 spiro atoms. The zero-order valence-corrected chi connectivity index (χ0v) is 12.5. The summed E-state index contributed by atoms with van der Waals surface area (Å²) in [7, 11) is 1.51. The van der Waals surface area contributed by atoms with Crippen molar-refractivity contribution in [2.45, 2.75) is 38.1 Å². The molecule has 2 aromatic heterocycles. The fourth-order valence-corrected chi connectivity index (χ4v) is 2.78. The monoisotopic (exact) mass is 303 g/mol. The van der Waals surface area contributed by atoms with Gasteiger partial charge in [0.2, 0.25) is 5.89 Å². The molecule has 8 nitrogen and oxygen atoms in total. The summed E-state index contributed by atoms with van der Waals surface area (Å²) in [6, 6.07) is 2.74. The van der Waals surface area contributed by atoms with Crippen LogP contribution in [0.5, 0.6) is 0 Å². The number of amides is 1. The SMILES string of the molecule is Cc1nc(C2(NC(=O)c3ccc(=O)n(C)n3)CCCC2)no1. The molecule has 8 heteroatoms. The fraction of sp³-hybridized carbons (Fsp3) is 0.500. The van der Waals surface area contributed by atoms with E-state index < -0.39 is 5.54 Å². The first kappa shape index (κ1) is 14.4. The van der Waals surface area contributed by atoms with Crippen LogP contribution in [-0.2, 0) is 12.6 Å². The van der Waals surface area contributed by atoms with Gasteiger partial charge >= 0.3 is 0 Å². The van der Waals surface area contributed by atoms with Gasteiger partial charge in [0.05, 0.1) is 0 Å². The number of aromatic nitrogens is 4. The van der Waals surface area contributed by atoms with Gasteiger partial charge in [-0.25, -0.2) is 4.68 Å². The number of rotatable bonds is 3. The van der Waals surface area contributed by atoms with Crippen LogP contribution in [0.2, 0.25) is 0 Å². The molecule has 116 valence electrons. The van der Waals surface area contributed by atoms with Gasteiger partial charge in [0.1, 0.15) is 11.2 Å². The summed E-state index contributed by atoms with van der Waals surface area (Å²) in [5.41, 5.74) is -0.694. The highest BCUT2D eigenvalue weighted by Gasteiger charge is 2.41. The van der Waals surface area contributed by atoms with Crippen LogP contribution in [0.15, 0.2) is 21.5 Å². The van der Waals surface area contributed by atoms with Crippen LogP contribution < -0.4 is 10.9 Å². The van der Waals surface area contributed by atoms with Crippen molar-refractivity contribution in [3.8, 4) is 0 Å². The average molecular weight is 303 g/mol. The number of carbonyl (C=O) groups is 1. The highest BCUT2D eigenvalue weighted by Crippen LogP contribution is 2.37. The number of aryl methyl sites for hydroxylation is 2. The van der Waals surface area contributed by atoms with Crippen LogP contribution in [0, 0.1) is 6.92 Å². The topological polar surface area (TPSA) is 103 Å². The van der Waals surface area contributed by atoms with Gasteiger partial charge in [0, 0.05) is 20.0 Å². The second-order valence-electron chi connectivity index (χ2n) is 5.56. The van der Waals surface area contributed by atoms with Crippen LogP contribution in [-0.4, -0.2) is 25.8 Å². The highest BCUT2D eigenvalue weighted by atomic mass is 16.5. The van der Waals surface area contributed by atoms with E-state index in [2.05, 4.69) is 20.6 Å². The zero-order chi connectivity index (χ0) is 15.7. The Hall–Kier alpha value is -2.51. The molecule has 0 unspecified atom stereocenters. The molecular weight excluding hydrogens is 286 g/mol. The fourth-order valence-electron chi connectivity index (χ4n) is 2.78. The number of hydrogen-bond donors (Lipinski definition) is 1. The molecule has 22 heavy (non-hydrogen) atoms. The summed E-state index contributed by atoms with van der Waals surface area (Å²) >= 11 is 0. The molecule has 0 atom stereocenters. The van der Waals surface area contributed by atoms with E-state index in [4.69, 9.17) is 4.52 Å². The van der Waals surface area contributed by atoms with Crippen molar-refractivity contribution in [1.29, 1.82) is 0 Å². The first-order valence-corrected chi connectivity index (χ1v) is 7.18. The molecule has 0 saturated heterocycles. The van der Waals surface area contributed by atoms with Crippen molar-refractivity contribution in [3.63, 3.8) is 0 Å². The maximum atomic E-state index is 12.5. The van der Waals surface area contributed by atoms with E-state index in [9.17, 15) is 9.59 Å². The molecule has 1 saturated carbocycles. The Morgan fingerprint density at radius 3 is 2.68 bits per heavy atom. The van der Waals surface area contributed by atoms with Crippen LogP contribution >= 0.6 is 0 Å². The Bertz CT molecular complexity index is 758. The molecule has 2 aromatic rings. The number of nitrogens with one attached hydrogen (secondary N) is 1. The Morgan fingerprint density at radius 1 is 1.36 bits per heavy atom. The van der Waals surface area contributed by atoms with Crippen molar-refractivity contribution < 1.29 is 9.32 Å². The lowest BCUT2D eigenvalue weighted by Crippen LogP contribution is -2.45. The van der Waals surface area contributed by atoms with E-state index in [1.807, 2.05) is 0 Å². The molecule has 0 aromatic carbocycles. The summed E-state index contributed by atoms with van der Waals surface area (Å²) in [5.74, 6) is 0.622. The lowest BCUT2D eigenvalue weighted by atomic mass is 9.96. The largest absolute Gasteiger partial charge is 0.340 e. The normalized spacial score (nSPS) is 16.6. The third kappa shape index (κ3) is 2.51. The van der Waals surface area contributed by atoms with Crippen LogP contribution in [0.3, 0.4) is 0 Å². The second kappa shape index (κ2) is 5.36. The summed E-state index contributed by atoms with van der Waals surface area (Å²) in [5, 5.41) is 10.9. The summed E-state index contributed by atoms with van der Waals surface area (Å²) < 4.78 is 6.18. The minimum absolute atomic E-state index is 0.189. The lowest BCUT2D eigenvalue weighted by Gasteiger charge is -2.26. The van der Waals surface area contributed by atoms with E-state index >= 15 is 0 Å². The van der Waals surface area contributed by atoms with Gasteiger partial charge < -0.3 is 9.84 Å². The average Bonchev–Trinajstić information content (AvgIpc) is 3.12. The van der Waals surface area contributed by atoms with Gasteiger partial charge in [-0.15, -0.1) is 0 Å². The Morgan fingerprint density at radius 2 is 2.09 bits per heavy atom. The van der Waals surface area contributed by atoms with Crippen molar-refractivity contribution in [2.75, 3.05) is 0 Å². The predicted octanol–water partition coefficient (Wildman–Crippen LogP) is 0.671. The number of carbonyl (C=O) groups excluding carboxylic acids is 1. The highest BCUT2D eigenvalue weighted by molar-refractivity contribution is 5.92. The van der Waals surface area contributed by atoms with E-state index in [0.29, 0.717) is 11.7 Å². The third-order valence-electron chi connectivity index (χ3n) is 3.96. The molecule has 1 N–H and O–H groups in total. The molecule has 3 rings (SSSR count). The molecule has 0 aliphatic heterocycles. The predicted molar refractivity (Wildman–Crippen MR) is 76.1 cm³/mol. The molecule has 1 amide bonds. The second-order valence-corrected chi connectivity index (χ2v) is 5.56. The van der Waals surface area contributed by atoms with Crippen LogP contribution in [0.25, 0.3) is 0 Å². The van der Waals surface area contributed by atoms with Gasteiger partial charge in [0.15, 0.2) is 5.82 Å². The summed E-state index contributed by atoms with van der Waals surface area (Å²) in [4.78, 5) is 28.1. The Labute approximate surface area is 126 Å². The molecular formula is C14H17N5O3. The van der Waals surface area contributed by atoms with Crippen LogP contribution in [0.1, 0.15) is 47.9 Å². The van der Waals surface area contributed by atoms with Gasteiger partial charge in [-0.3, -0.25) is 9.59 Å². The third-order valence-corrected chi connectivity index (χ3v) is 3.96. The molecule has 1 aliphatic carbocycles. The van der Waals surface area contributed by atoms with Gasteiger partial charge in [-0.2, -0.15) is 10.1 Å². The maximum Gasteiger partial charge on any atom is 0.272 e. The minimum atomic E-state index is -0.620. The number of hydrogen-bond acceptors (Lipinski definition) is 6. The van der Waals surface area contributed by atoms with Crippen LogP contribution in [0.4, 0.5) is 0 Å². The van der Waals surface area contributed by atoms with Crippen molar-refractivity contribution in [3.05, 3.63) is 39.9 Å². The number of nitrogens with zero attached hydrogens (tertiary/aromatic N) is 4. The van der Waals surface area contributed by atoms with E-state index in [-0.39, 0.29) is 17.2 Å². The standard InChI is InChI=1S/C14H17N5O3/c1-9-15-13(18-22-9)14(7-3-4-8-14)16-12(21)10-5-6-11(20)19(2)17-10/h5-6H,3-4,7-8H2,1-2H3,(H,16,21). The molecule has 0 bridgehead atoms. The summed E-state index contributed by atoms with van der Waals surface area (Å²) in [6.45, 7) is 1.72. The zero-order valence-electron chi connectivity index (χ0n) is 12.5. The van der Waals surface area contributed by atoms with Crippen molar-refractivity contribution >= 4 is 5.91 Å². The summed E-state index contributed by atoms with van der Waals surface area (Å²) in [6.07, 6.45) is 3.47. The van der Waals surface area contributed by atoms with E-state index in [0.717, 1.165) is 30.4 Å². The molecule has 2 heterocycles. The Balaban J connectivity index is 1.89. The van der Waals surface area contributed by atoms with Gasteiger partial charge in [0.25, 0.3) is 11.5 Å². The van der Waals surface area contributed by atoms with E-state index in [1.165, 1.54) is 19.2 Å². The van der Waals surface area contributed by atoms with Gasteiger partial charge in [-0.05, 0) is 18.9 Å². The first-order valence-electron chi connectivity index (χ1n) is 7.18. The quantitative estimate of drug-likeness (QED) is 0.894.